The van der Waals surface area contributed by atoms with Crippen molar-refractivity contribution in [2.45, 2.75) is 32.5 Å². The first-order valence-electron chi connectivity index (χ1n) is 11.5. The number of carbonyl (C=O) groups is 2. The van der Waals surface area contributed by atoms with Crippen molar-refractivity contribution in [2.75, 3.05) is 14.2 Å². The van der Waals surface area contributed by atoms with Crippen molar-refractivity contribution in [3.63, 3.8) is 0 Å². The molecule has 8 nitrogen and oxygen atoms in total. The number of Topliss-reactive ketones (excluding diaryl/α,β-unsaturated/α-hetero) is 1. The molecule has 8 heteroatoms. The van der Waals surface area contributed by atoms with Crippen LogP contribution in [0.3, 0.4) is 0 Å². The standard InChI is InChI=1S/C28H28N2O6/c1-17(2)36-20-9-7-19(8-10-20)26(31)24-25(22-14-21(34-3)11-12-23(22)35-4)30(28(33)27(24)32)16-18-6-5-13-29-15-18/h5-15,17,25,31H,16H2,1-4H3/b26-24-. The van der Waals surface area contributed by atoms with E-state index >= 15 is 0 Å². The second-order valence-corrected chi connectivity index (χ2v) is 8.59. The number of ketones is 1. The molecule has 1 aliphatic heterocycles. The number of aliphatic hydroxyl groups is 1. The molecule has 1 atom stereocenters. The average Bonchev–Trinajstić information content (AvgIpc) is 3.13. The van der Waals surface area contributed by atoms with Crippen LogP contribution in [0.1, 0.15) is 36.6 Å². The number of benzene rings is 2. The number of hydrogen-bond donors (Lipinski definition) is 1. The Balaban J connectivity index is 1.87. The maximum atomic E-state index is 13.3. The molecule has 0 aliphatic carbocycles. The first kappa shape index (κ1) is 24.8. The molecular weight excluding hydrogens is 460 g/mol. The van der Waals surface area contributed by atoms with E-state index < -0.39 is 17.7 Å². The highest BCUT2D eigenvalue weighted by atomic mass is 16.5. The summed E-state index contributed by atoms with van der Waals surface area (Å²) >= 11 is 0. The number of pyridine rings is 1. The molecule has 1 amide bonds. The molecule has 0 spiro atoms. The molecule has 1 saturated heterocycles. The molecule has 36 heavy (non-hydrogen) atoms. The Morgan fingerprint density at radius 1 is 1.03 bits per heavy atom. The molecular formula is C28H28N2O6. The third-order valence-corrected chi connectivity index (χ3v) is 5.85. The van der Waals surface area contributed by atoms with Gasteiger partial charge in [-0.05, 0) is 67.9 Å². The smallest absolute Gasteiger partial charge is 0.295 e. The van der Waals surface area contributed by atoms with E-state index in [-0.39, 0.29) is 24.0 Å². The van der Waals surface area contributed by atoms with Gasteiger partial charge in [0.25, 0.3) is 11.7 Å². The van der Waals surface area contributed by atoms with Gasteiger partial charge in [-0.25, -0.2) is 0 Å². The van der Waals surface area contributed by atoms with Crippen LogP contribution in [0.5, 0.6) is 17.2 Å². The van der Waals surface area contributed by atoms with E-state index in [0.717, 1.165) is 5.56 Å². The zero-order valence-corrected chi connectivity index (χ0v) is 20.6. The highest BCUT2D eigenvalue weighted by Gasteiger charge is 2.47. The van der Waals surface area contributed by atoms with Crippen LogP contribution in [0.4, 0.5) is 0 Å². The van der Waals surface area contributed by atoms with Gasteiger partial charge in [0.05, 0.1) is 31.9 Å². The number of hydrogen-bond acceptors (Lipinski definition) is 7. The summed E-state index contributed by atoms with van der Waals surface area (Å²) in [5.41, 5.74) is 1.60. The van der Waals surface area contributed by atoms with E-state index in [9.17, 15) is 14.7 Å². The van der Waals surface area contributed by atoms with E-state index in [2.05, 4.69) is 4.98 Å². The fraction of sp³-hybridized carbons (Fsp3) is 0.250. The van der Waals surface area contributed by atoms with Gasteiger partial charge in [0.15, 0.2) is 0 Å². The predicted molar refractivity (Wildman–Crippen MR) is 134 cm³/mol. The molecule has 1 fully saturated rings. The van der Waals surface area contributed by atoms with Gasteiger partial charge >= 0.3 is 0 Å². The van der Waals surface area contributed by atoms with Crippen LogP contribution in [0.15, 0.2) is 72.6 Å². The molecule has 186 valence electrons. The summed E-state index contributed by atoms with van der Waals surface area (Å²) in [5, 5.41) is 11.3. The molecule has 1 aliphatic rings. The van der Waals surface area contributed by atoms with Gasteiger partial charge in [0.1, 0.15) is 23.0 Å². The number of methoxy groups -OCH3 is 2. The quantitative estimate of drug-likeness (QED) is 0.283. The number of nitrogens with zero attached hydrogens (tertiary/aromatic N) is 2. The van der Waals surface area contributed by atoms with Crippen molar-refractivity contribution in [3.05, 3.63) is 89.3 Å². The summed E-state index contributed by atoms with van der Waals surface area (Å²) in [6.07, 6.45) is 3.25. The SMILES string of the molecule is COc1ccc(OC)c(C2/C(=C(/O)c3ccc(OC(C)C)cc3)C(=O)C(=O)N2Cc2cccnc2)c1. The van der Waals surface area contributed by atoms with Gasteiger partial charge in [-0.15, -0.1) is 0 Å². The highest BCUT2D eigenvalue weighted by molar-refractivity contribution is 6.46. The predicted octanol–water partition coefficient (Wildman–Crippen LogP) is 4.51. The minimum Gasteiger partial charge on any atom is -0.507 e. The molecule has 2 aromatic carbocycles. The van der Waals surface area contributed by atoms with Gasteiger partial charge in [0.2, 0.25) is 0 Å². The number of rotatable bonds is 8. The Kier molecular flexibility index (Phi) is 7.24. The topological polar surface area (TPSA) is 98.2 Å². The van der Waals surface area contributed by atoms with Crippen LogP contribution in [-0.4, -0.2) is 47.0 Å². The summed E-state index contributed by atoms with van der Waals surface area (Å²) < 4.78 is 16.7. The minimum atomic E-state index is -0.915. The molecule has 1 N–H and O–H groups in total. The fourth-order valence-corrected chi connectivity index (χ4v) is 4.23. The monoisotopic (exact) mass is 488 g/mol. The van der Waals surface area contributed by atoms with E-state index in [0.29, 0.717) is 28.4 Å². The van der Waals surface area contributed by atoms with Crippen molar-refractivity contribution >= 4 is 17.4 Å². The Morgan fingerprint density at radius 2 is 1.75 bits per heavy atom. The minimum absolute atomic E-state index is 0.0113. The lowest BCUT2D eigenvalue weighted by atomic mass is 9.94. The summed E-state index contributed by atoms with van der Waals surface area (Å²) in [7, 11) is 3.03. The molecule has 0 saturated carbocycles. The largest absolute Gasteiger partial charge is 0.507 e. The number of aromatic nitrogens is 1. The van der Waals surface area contributed by atoms with E-state index in [4.69, 9.17) is 14.2 Å². The van der Waals surface area contributed by atoms with Gasteiger partial charge in [-0.3, -0.25) is 14.6 Å². The lowest BCUT2D eigenvalue weighted by Gasteiger charge is -2.27. The van der Waals surface area contributed by atoms with Crippen LogP contribution >= 0.6 is 0 Å². The highest BCUT2D eigenvalue weighted by Crippen LogP contribution is 2.44. The maximum absolute atomic E-state index is 13.3. The van der Waals surface area contributed by atoms with Crippen molar-refractivity contribution in [1.82, 2.24) is 9.88 Å². The summed E-state index contributed by atoms with van der Waals surface area (Å²) in [5.74, 6) is -0.195. The Morgan fingerprint density at radius 3 is 2.36 bits per heavy atom. The molecule has 2 heterocycles. The molecule has 4 rings (SSSR count). The number of carbonyl (C=O) groups excluding carboxylic acids is 2. The third-order valence-electron chi connectivity index (χ3n) is 5.85. The number of ether oxygens (including phenoxy) is 3. The van der Waals surface area contributed by atoms with Crippen LogP contribution < -0.4 is 14.2 Å². The normalized spacial score (nSPS) is 16.9. The lowest BCUT2D eigenvalue weighted by Crippen LogP contribution is -2.29. The molecule has 0 bridgehead atoms. The van der Waals surface area contributed by atoms with E-state index in [1.165, 1.54) is 19.1 Å². The lowest BCUT2D eigenvalue weighted by molar-refractivity contribution is -0.140. The second kappa shape index (κ2) is 10.5. The number of amides is 1. The van der Waals surface area contributed by atoms with Crippen molar-refractivity contribution in [3.8, 4) is 17.2 Å². The first-order chi connectivity index (χ1) is 17.3. The second-order valence-electron chi connectivity index (χ2n) is 8.59. The van der Waals surface area contributed by atoms with Crippen LogP contribution in [0, 0.1) is 0 Å². The average molecular weight is 489 g/mol. The maximum Gasteiger partial charge on any atom is 0.295 e. The van der Waals surface area contributed by atoms with Crippen molar-refractivity contribution < 1.29 is 28.9 Å². The summed E-state index contributed by atoms with van der Waals surface area (Å²) in [6.45, 7) is 3.94. The van der Waals surface area contributed by atoms with Crippen LogP contribution in [0.25, 0.3) is 5.76 Å². The summed E-state index contributed by atoms with van der Waals surface area (Å²) in [4.78, 5) is 32.2. The Labute approximate surface area is 209 Å². The van der Waals surface area contributed by atoms with Crippen molar-refractivity contribution in [1.29, 1.82) is 0 Å². The zero-order valence-electron chi connectivity index (χ0n) is 20.6. The Hall–Kier alpha value is -4.33. The molecule has 1 aromatic heterocycles. The van der Waals surface area contributed by atoms with Gasteiger partial charge < -0.3 is 24.2 Å². The molecule has 1 unspecified atom stereocenters. The fourth-order valence-electron chi connectivity index (χ4n) is 4.23. The third kappa shape index (κ3) is 4.88. The van der Waals surface area contributed by atoms with E-state index in [1.807, 2.05) is 19.9 Å². The van der Waals surface area contributed by atoms with Gasteiger partial charge in [-0.1, -0.05) is 6.07 Å². The van der Waals surface area contributed by atoms with Crippen LogP contribution in [0.2, 0.25) is 0 Å². The van der Waals surface area contributed by atoms with E-state index in [1.54, 1.807) is 60.9 Å². The van der Waals surface area contributed by atoms with Crippen LogP contribution in [-0.2, 0) is 16.1 Å². The zero-order chi connectivity index (χ0) is 25.8. The summed E-state index contributed by atoms with van der Waals surface area (Å²) in [6, 6.07) is 14.5. The molecule has 0 radical (unpaired) electrons. The van der Waals surface area contributed by atoms with Crippen molar-refractivity contribution in [2.24, 2.45) is 0 Å². The van der Waals surface area contributed by atoms with Gasteiger partial charge in [-0.2, -0.15) is 0 Å². The number of likely N-dealkylation sites (tertiary alicyclic amines) is 1. The molecule has 3 aromatic rings. The first-order valence-corrected chi connectivity index (χ1v) is 11.5. The van der Waals surface area contributed by atoms with Gasteiger partial charge in [0, 0.05) is 30.1 Å². The Bertz CT molecular complexity index is 1290. The number of aliphatic hydroxyl groups excluding tert-OH is 1.